The van der Waals surface area contributed by atoms with Gasteiger partial charge in [-0.15, -0.1) is 11.3 Å². The van der Waals surface area contributed by atoms with Gasteiger partial charge < -0.3 is 9.64 Å². The fraction of sp³-hybridized carbons (Fsp3) is 0.250. The molecule has 1 amide bonds. The van der Waals surface area contributed by atoms with E-state index in [1.165, 1.54) is 34.4 Å². The van der Waals surface area contributed by atoms with Gasteiger partial charge in [0.15, 0.2) is 0 Å². The van der Waals surface area contributed by atoms with Crippen molar-refractivity contribution >= 4 is 23.3 Å². The maximum absolute atomic E-state index is 12.2. The van der Waals surface area contributed by atoms with Gasteiger partial charge in [0.25, 0.3) is 0 Å². The molecule has 0 aliphatic heterocycles. The average Bonchev–Trinajstić information content (AvgIpc) is 2.90. The number of amides is 1. The number of benzene rings is 1. The highest BCUT2D eigenvalue weighted by Crippen LogP contribution is 2.17. The number of hydrogen-bond donors (Lipinski definition) is 0. The first-order valence-electron chi connectivity index (χ1n) is 6.83. The Bertz CT molecular complexity index is 701. The van der Waals surface area contributed by atoms with Crippen molar-refractivity contribution in [2.45, 2.75) is 20.1 Å². The number of carbonyl (C=O) groups excluding carboxylic acids is 1. The quantitative estimate of drug-likeness (QED) is 0.754. The van der Waals surface area contributed by atoms with Gasteiger partial charge in [-0.25, -0.2) is 4.98 Å². The van der Waals surface area contributed by atoms with E-state index in [2.05, 4.69) is 9.72 Å². The second kappa shape index (κ2) is 7.82. The Morgan fingerprint density at radius 1 is 1.48 bits per heavy atom. The van der Waals surface area contributed by atoms with Crippen LogP contribution in [0.15, 0.2) is 36.5 Å². The van der Waals surface area contributed by atoms with Gasteiger partial charge in [-0.3, -0.25) is 4.79 Å². The van der Waals surface area contributed by atoms with Crippen molar-refractivity contribution < 1.29 is 18.3 Å². The van der Waals surface area contributed by atoms with Gasteiger partial charge in [0.2, 0.25) is 5.91 Å². The second-order valence-corrected chi connectivity index (χ2v) is 6.10. The molecular formula is C16H16F2N2O2S. The van der Waals surface area contributed by atoms with Gasteiger partial charge >= 0.3 is 6.61 Å². The molecule has 1 aromatic carbocycles. The fourth-order valence-corrected chi connectivity index (χ4v) is 2.60. The maximum atomic E-state index is 12.2. The van der Waals surface area contributed by atoms with E-state index < -0.39 is 6.61 Å². The predicted octanol–water partition coefficient (Wildman–Crippen LogP) is 3.72. The number of aryl methyl sites for hydroxylation is 1. The number of alkyl halides is 2. The topological polar surface area (TPSA) is 42.4 Å². The van der Waals surface area contributed by atoms with E-state index in [9.17, 15) is 13.6 Å². The van der Waals surface area contributed by atoms with Crippen LogP contribution in [0.5, 0.6) is 5.75 Å². The van der Waals surface area contributed by atoms with Crippen LogP contribution in [0.1, 0.15) is 15.4 Å². The summed E-state index contributed by atoms with van der Waals surface area (Å²) in [6.07, 6.45) is 4.88. The summed E-state index contributed by atoms with van der Waals surface area (Å²) >= 11 is 1.50. The van der Waals surface area contributed by atoms with E-state index >= 15 is 0 Å². The summed E-state index contributed by atoms with van der Waals surface area (Å²) in [5.41, 5.74) is 0.709. The average molecular weight is 338 g/mol. The Morgan fingerprint density at radius 2 is 2.26 bits per heavy atom. The number of rotatable bonds is 6. The molecule has 0 unspecified atom stereocenters. The van der Waals surface area contributed by atoms with Crippen LogP contribution >= 0.6 is 11.3 Å². The van der Waals surface area contributed by atoms with Crippen molar-refractivity contribution in [3.8, 4) is 5.75 Å². The number of hydrogen-bond acceptors (Lipinski definition) is 4. The van der Waals surface area contributed by atoms with Gasteiger partial charge in [0.1, 0.15) is 5.75 Å². The molecule has 0 spiro atoms. The maximum Gasteiger partial charge on any atom is 0.387 e. The Labute approximate surface area is 137 Å². The summed E-state index contributed by atoms with van der Waals surface area (Å²) in [5, 5.41) is 0.932. The molecule has 1 aromatic heterocycles. The lowest BCUT2D eigenvalue weighted by Gasteiger charge is -2.15. The molecule has 7 heteroatoms. The lowest BCUT2D eigenvalue weighted by atomic mass is 10.2. The van der Waals surface area contributed by atoms with Gasteiger partial charge in [-0.05, 0) is 30.7 Å². The molecule has 0 fully saturated rings. The summed E-state index contributed by atoms with van der Waals surface area (Å²) in [4.78, 5) is 18.6. The zero-order valence-corrected chi connectivity index (χ0v) is 13.5. The zero-order chi connectivity index (χ0) is 16.8. The van der Waals surface area contributed by atoms with E-state index in [4.69, 9.17) is 0 Å². The van der Waals surface area contributed by atoms with Crippen LogP contribution in [-0.4, -0.2) is 29.5 Å². The van der Waals surface area contributed by atoms with Gasteiger partial charge in [-0.1, -0.05) is 12.1 Å². The molecular weight excluding hydrogens is 322 g/mol. The Hall–Kier alpha value is -2.28. The van der Waals surface area contributed by atoms with Crippen LogP contribution in [0, 0.1) is 6.92 Å². The number of likely N-dealkylation sites (N-methyl/N-ethyl adjacent to an activating group) is 1. The molecule has 1 heterocycles. The first kappa shape index (κ1) is 17.1. The minimum Gasteiger partial charge on any atom is -0.435 e. The molecule has 0 bridgehead atoms. The standard InChI is InChI=1S/C16H16F2N2O2S/c1-11-19-9-14(23-11)6-7-15(21)20(2)10-12-4-3-5-13(8-12)22-16(17)18/h3-9,16H,10H2,1-2H3/b7-6-. The molecule has 0 saturated heterocycles. The Kier molecular flexibility index (Phi) is 5.81. The Morgan fingerprint density at radius 3 is 2.91 bits per heavy atom. The highest BCUT2D eigenvalue weighted by molar-refractivity contribution is 7.12. The molecule has 0 aliphatic carbocycles. The van der Waals surface area contributed by atoms with Crippen LogP contribution < -0.4 is 4.74 Å². The zero-order valence-electron chi connectivity index (χ0n) is 12.7. The monoisotopic (exact) mass is 338 g/mol. The highest BCUT2D eigenvalue weighted by Gasteiger charge is 2.09. The summed E-state index contributed by atoms with van der Waals surface area (Å²) in [6.45, 7) is -0.675. The van der Waals surface area contributed by atoms with Crippen molar-refractivity contribution in [1.82, 2.24) is 9.88 Å². The van der Waals surface area contributed by atoms with E-state index in [1.807, 2.05) is 6.92 Å². The smallest absolute Gasteiger partial charge is 0.387 e. The van der Waals surface area contributed by atoms with Crippen molar-refractivity contribution in [2.75, 3.05) is 7.05 Å². The number of ether oxygens (including phenoxy) is 1. The van der Waals surface area contributed by atoms with E-state index in [0.717, 1.165) is 9.88 Å². The summed E-state index contributed by atoms with van der Waals surface area (Å²) in [6, 6.07) is 6.30. The van der Waals surface area contributed by atoms with E-state index in [-0.39, 0.29) is 11.7 Å². The van der Waals surface area contributed by atoms with Crippen LogP contribution in [0.4, 0.5) is 8.78 Å². The van der Waals surface area contributed by atoms with Gasteiger partial charge in [0.05, 0.1) is 5.01 Å². The minimum atomic E-state index is -2.87. The number of nitrogens with zero attached hydrogens (tertiary/aromatic N) is 2. The molecule has 0 atom stereocenters. The van der Waals surface area contributed by atoms with E-state index in [0.29, 0.717) is 12.1 Å². The summed E-state index contributed by atoms with van der Waals surface area (Å²) < 4.78 is 28.8. The molecule has 122 valence electrons. The van der Waals surface area contributed by atoms with Crippen LogP contribution in [-0.2, 0) is 11.3 Å². The minimum absolute atomic E-state index is 0.0778. The third-order valence-electron chi connectivity index (χ3n) is 2.95. The van der Waals surface area contributed by atoms with Crippen molar-refractivity contribution in [3.63, 3.8) is 0 Å². The first-order valence-corrected chi connectivity index (χ1v) is 7.65. The molecule has 2 rings (SSSR count). The Balaban J connectivity index is 1.96. The lowest BCUT2D eigenvalue weighted by molar-refractivity contribution is -0.125. The highest BCUT2D eigenvalue weighted by atomic mass is 32.1. The van der Waals surface area contributed by atoms with Crippen LogP contribution in [0.3, 0.4) is 0 Å². The molecule has 0 N–H and O–H groups in total. The molecule has 0 radical (unpaired) electrons. The van der Waals surface area contributed by atoms with Gasteiger partial charge in [0, 0.05) is 30.7 Å². The molecule has 4 nitrogen and oxygen atoms in total. The number of aromatic nitrogens is 1. The van der Waals surface area contributed by atoms with Crippen molar-refractivity contribution in [1.29, 1.82) is 0 Å². The fourth-order valence-electron chi connectivity index (χ4n) is 1.91. The van der Waals surface area contributed by atoms with Crippen molar-refractivity contribution in [3.05, 3.63) is 52.0 Å². The third kappa shape index (κ3) is 5.45. The molecule has 23 heavy (non-hydrogen) atoms. The number of carbonyl (C=O) groups is 1. The second-order valence-electron chi connectivity index (χ2n) is 4.84. The summed E-state index contributed by atoms with van der Waals surface area (Å²) in [7, 11) is 1.64. The SMILES string of the molecule is Cc1ncc(/C=C\C(=O)N(C)Cc2cccc(OC(F)F)c2)s1. The molecule has 0 aliphatic rings. The third-order valence-corrected chi connectivity index (χ3v) is 3.83. The normalized spacial score (nSPS) is 11.2. The molecule has 0 saturated carbocycles. The number of halogens is 2. The van der Waals surface area contributed by atoms with Gasteiger partial charge in [-0.2, -0.15) is 8.78 Å². The summed E-state index contributed by atoms with van der Waals surface area (Å²) in [5.74, 6) is -0.106. The first-order chi connectivity index (χ1) is 10.9. The molecule has 2 aromatic rings. The predicted molar refractivity (Wildman–Crippen MR) is 85.4 cm³/mol. The van der Waals surface area contributed by atoms with Crippen molar-refractivity contribution in [2.24, 2.45) is 0 Å². The van der Waals surface area contributed by atoms with Crippen LogP contribution in [0.25, 0.3) is 6.08 Å². The number of thiazole rings is 1. The van der Waals surface area contributed by atoms with Crippen LogP contribution in [0.2, 0.25) is 0 Å². The lowest BCUT2D eigenvalue weighted by Crippen LogP contribution is -2.24. The largest absolute Gasteiger partial charge is 0.435 e. The van der Waals surface area contributed by atoms with E-state index in [1.54, 1.807) is 31.5 Å².